The van der Waals surface area contributed by atoms with Gasteiger partial charge in [0.1, 0.15) is 0 Å². The average Bonchev–Trinajstić information content (AvgIpc) is 3.04. The number of nitrogens with zero attached hydrogens (tertiary/aromatic N) is 2. The van der Waals surface area contributed by atoms with Gasteiger partial charge in [-0.1, -0.05) is 6.42 Å². The molecule has 2 N–H and O–H groups in total. The molecule has 0 aromatic heterocycles. The Kier molecular flexibility index (Phi) is 5.81. The van der Waals surface area contributed by atoms with E-state index in [0.717, 1.165) is 19.6 Å². The van der Waals surface area contributed by atoms with E-state index in [1.807, 2.05) is 0 Å². The molecule has 138 valence electrons. The lowest BCUT2D eigenvalue weighted by Crippen LogP contribution is -2.37. The van der Waals surface area contributed by atoms with Crippen molar-refractivity contribution in [2.24, 2.45) is 11.8 Å². The highest BCUT2D eigenvalue weighted by atomic mass is 16.5. The third kappa shape index (κ3) is 4.07. The molecule has 6 heteroatoms. The van der Waals surface area contributed by atoms with Crippen molar-refractivity contribution in [3.63, 3.8) is 0 Å². The number of likely N-dealkylation sites (tertiary alicyclic amines) is 2. The number of benzene rings is 1. The van der Waals surface area contributed by atoms with Crippen LogP contribution >= 0.6 is 0 Å². The minimum atomic E-state index is -0.0995. The van der Waals surface area contributed by atoms with Gasteiger partial charge in [0.05, 0.1) is 7.11 Å². The molecule has 1 aromatic carbocycles. The van der Waals surface area contributed by atoms with Crippen LogP contribution in [0.2, 0.25) is 0 Å². The van der Waals surface area contributed by atoms with Gasteiger partial charge in [-0.2, -0.15) is 0 Å². The Morgan fingerprint density at radius 3 is 2.56 bits per heavy atom. The molecule has 3 rings (SSSR count). The molecule has 0 spiro atoms. The fourth-order valence-electron chi connectivity index (χ4n) is 4.00. The second-order valence-corrected chi connectivity index (χ2v) is 7.16. The number of hydrogen-bond acceptors (Lipinski definition) is 5. The highest BCUT2D eigenvalue weighted by Crippen LogP contribution is 2.30. The SMILES string of the molecule is COc1ccc(C(=O)N2C[C@@H](CN3CCCCC3)[C@@H](CO)C2)cc1O. The monoisotopic (exact) mass is 348 g/mol. The normalized spacial score (nSPS) is 24.5. The minimum Gasteiger partial charge on any atom is -0.504 e. The Hall–Kier alpha value is -1.79. The summed E-state index contributed by atoms with van der Waals surface area (Å²) in [5.74, 6) is 0.652. The van der Waals surface area contributed by atoms with Crippen molar-refractivity contribution in [3.8, 4) is 11.5 Å². The highest BCUT2D eigenvalue weighted by Gasteiger charge is 2.36. The summed E-state index contributed by atoms with van der Waals surface area (Å²) in [6, 6.07) is 4.73. The number of carbonyl (C=O) groups excluding carboxylic acids is 1. The van der Waals surface area contributed by atoms with Crippen LogP contribution in [0.5, 0.6) is 11.5 Å². The molecule has 25 heavy (non-hydrogen) atoms. The van der Waals surface area contributed by atoms with Gasteiger partial charge in [0.25, 0.3) is 5.91 Å². The fourth-order valence-corrected chi connectivity index (χ4v) is 4.00. The zero-order valence-electron chi connectivity index (χ0n) is 14.9. The molecular weight excluding hydrogens is 320 g/mol. The summed E-state index contributed by atoms with van der Waals surface area (Å²) >= 11 is 0. The van der Waals surface area contributed by atoms with Crippen LogP contribution in [0.15, 0.2) is 18.2 Å². The van der Waals surface area contributed by atoms with E-state index in [9.17, 15) is 15.0 Å². The Balaban J connectivity index is 1.66. The number of phenols is 1. The average molecular weight is 348 g/mol. The van der Waals surface area contributed by atoms with Gasteiger partial charge < -0.3 is 24.7 Å². The number of ether oxygens (including phenoxy) is 1. The molecule has 2 aliphatic heterocycles. The van der Waals surface area contributed by atoms with Gasteiger partial charge in [-0.05, 0) is 50.0 Å². The molecule has 0 bridgehead atoms. The molecule has 2 saturated heterocycles. The molecule has 2 fully saturated rings. The van der Waals surface area contributed by atoms with Crippen molar-refractivity contribution in [2.75, 3.05) is 46.4 Å². The van der Waals surface area contributed by atoms with Crippen LogP contribution < -0.4 is 4.74 Å². The van der Waals surface area contributed by atoms with E-state index in [2.05, 4.69) is 4.90 Å². The first-order valence-corrected chi connectivity index (χ1v) is 9.12. The number of aliphatic hydroxyl groups is 1. The van der Waals surface area contributed by atoms with Gasteiger partial charge in [0, 0.05) is 37.7 Å². The summed E-state index contributed by atoms with van der Waals surface area (Å²) in [5, 5.41) is 19.6. The van der Waals surface area contributed by atoms with Crippen molar-refractivity contribution in [1.82, 2.24) is 9.80 Å². The van der Waals surface area contributed by atoms with Crippen molar-refractivity contribution < 1.29 is 19.7 Å². The topological polar surface area (TPSA) is 73.2 Å². The Morgan fingerprint density at radius 1 is 1.20 bits per heavy atom. The van der Waals surface area contributed by atoms with Gasteiger partial charge in [0.2, 0.25) is 0 Å². The molecule has 0 unspecified atom stereocenters. The van der Waals surface area contributed by atoms with Crippen LogP contribution in [0, 0.1) is 11.8 Å². The first kappa shape index (κ1) is 18.0. The number of piperidine rings is 1. The van der Waals surface area contributed by atoms with Crippen LogP contribution in [-0.4, -0.2) is 72.4 Å². The zero-order chi connectivity index (χ0) is 17.8. The minimum absolute atomic E-state index is 0.0314. The molecule has 2 atom stereocenters. The number of amides is 1. The van der Waals surface area contributed by atoms with Crippen molar-refractivity contribution >= 4 is 5.91 Å². The van der Waals surface area contributed by atoms with E-state index in [1.54, 1.807) is 17.0 Å². The van der Waals surface area contributed by atoms with Gasteiger partial charge in [-0.25, -0.2) is 0 Å². The standard InChI is InChI=1S/C19H28N2O4/c1-25-18-6-5-14(9-17(18)23)19(24)21-11-15(16(12-21)13-22)10-20-7-3-2-4-8-20/h5-6,9,15-16,22-23H,2-4,7-8,10-13H2,1H3/t15-,16-/m1/s1. The molecule has 0 aliphatic carbocycles. The third-order valence-electron chi connectivity index (χ3n) is 5.47. The van der Waals surface area contributed by atoms with Crippen LogP contribution in [0.25, 0.3) is 0 Å². The summed E-state index contributed by atoms with van der Waals surface area (Å²) in [4.78, 5) is 17.0. The molecular formula is C19H28N2O4. The number of carbonyl (C=O) groups is 1. The van der Waals surface area contributed by atoms with Gasteiger partial charge in [-0.3, -0.25) is 4.79 Å². The number of aliphatic hydroxyl groups excluding tert-OH is 1. The van der Waals surface area contributed by atoms with Crippen LogP contribution in [0.1, 0.15) is 29.6 Å². The fraction of sp³-hybridized carbons (Fsp3) is 0.632. The number of hydrogen-bond donors (Lipinski definition) is 2. The van der Waals surface area contributed by atoms with E-state index in [4.69, 9.17) is 4.74 Å². The Labute approximate surface area is 149 Å². The number of phenolic OH excluding ortho intramolecular Hbond substituents is 1. The smallest absolute Gasteiger partial charge is 0.254 e. The van der Waals surface area contributed by atoms with Crippen LogP contribution in [0.3, 0.4) is 0 Å². The molecule has 2 aliphatic rings. The number of methoxy groups -OCH3 is 1. The second-order valence-electron chi connectivity index (χ2n) is 7.16. The van der Waals surface area contributed by atoms with E-state index in [0.29, 0.717) is 30.3 Å². The summed E-state index contributed by atoms with van der Waals surface area (Å²) in [5.41, 5.74) is 0.452. The van der Waals surface area contributed by atoms with E-state index < -0.39 is 0 Å². The molecule has 0 saturated carbocycles. The molecule has 0 radical (unpaired) electrons. The Morgan fingerprint density at radius 2 is 1.92 bits per heavy atom. The van der Waals surface area contributed by atoms with E-state index >= 15 is 0 Å². The first-order chi connectivity index (χ1) is 12.1. The largest absolute Gasteiger partial charge is 0.504 e. The van der Waals surface area contributed by atoms with Crippen molar-refractivity contribution in [1.29, 1.82) is 0 Å². The van der Waals surface area contributed by atoms with Crippen LogP contribution in [0.4, 0.5) is 0 Å². The molecule has 2 heterocycles. The lowest BCUT2D eigenvalue weighted by atomic mass is 9.95. The predicted molar refractivity (Wildman–Crippen MR) is 94.9 cm³/mol. The van der Waals surface area contributed by atoms with Crippen molar-refractivity contribution in [3.05, 3.63) is 23.8 Å². The molecule has 1 amide bonds. The zero-order valence-corrected chi connectivity index (χ0v) is 14.9. The van der Waals surface area contributed by atoms with Gasteiger partial charge >= 0.3 is 0 Å². The van der Waals surface area contributed by atoms with E-state index in [1.165, 1.54) is 32.4 Å². The summed E-state index contributed by atoms with van der Waals surface area (Å²) in [7, 11) is 1.48. The summed E-state index contributed by atoms with van der Waals surface area (Å²) < 4.78 is 5.03. The maximum Gasteiger partial charge on any atom is 0.254 e. The summed E-state index contributed by atoms with van der Waals surface area (Å²) in [6.07, 6.45) is 3.78. The second kappa shape index (κ2) is 8.06. The highest BCUT2D eigenvalue weighted by molar-refractivity contribution is 5.95. The number of aromatic hydroxyl groups is 1. The predicted octanol–water partition coefficient (Wildman–Crippen LogP) is 1.57. The maximum atomic E-state index is 12.8. The van der Waals surface area contributed by atoms with Gasteiger partial charge in [0.15, 0.2) is 11.5 Å². The quantitative estimate of drug-likeness (QED) is 0.845. The Bertz CT molecular complexity index is 601. The number of rotatable bonds is 5. The van der Waals surface area contributed by atoms with E-state index in [-0.39, 0.29) is 24.2 Å². The lowest BCUT2D eigenvalue weighted by Gasteiger charge is -2.30. The van der Waals surface area contributed by atoms with Crippen molar-refractivity contribution in [2.45, 2.75) is 19.3 Å². The molecule has 1 aromatic rings. The van der Waals surface area contributed by atoms with Gasteiger partial charge in [-0.15, -0.1) is 0 Å². The lowest BCUT2D eigenvalue weighted by molar-refractivity contribution is 0.0778. The summed E-state index contributed by atoms with van der Waals surface area (Å²) in [6.45, 7) is 4.52. The first-order valence-electron chi connectivity index (χ1n) is 9.12. The van der Waals surface area contributed by atoms with Crippen LogP contribution in [-0.2, 0) is 0 Å². The molecule has 6 nitrogen and oxygen atoms in total. The third-order valence-corrected chi connectivity index (χ3v) is 5.47. The maximum absolute atomic E-state index is 12.8.